The first-order chi connectivity index (χ1) is 11.5. The molecule has 3 heterocycles. The van der Waals surface area contributed by atoms with Crippen molar-refractivity contribution in [3.05, 3.63) is 54.3 Å². The van der Waals surface area contributed by atoms with Gasteiger partial charge in [-0.3, -0.25) is 0 Å². The maximum absolute atomic E-state index is 13.7. The van der Waals surface area contributed by atoms with E-state index < -0.39 is 5.67 Å². The van der Waals surface area contributed by atoms with Crippen LogP contribution in [0.3, 0.4) is 0 Å². The number of pyridine rings is 1. The van der Waals surface area contributed by atoms with Crippen LogP contribution >= 0.6 is 0 Å². The minimum absolute atomic E-state index is 0.260. The Morgan fingerprint density at radius 1 is 1.38 bits per heavy atom. The van der Waals surface area contributed by atoms with Gasteiger partial charge < -0.3 is 5.32 Å². The number of fused-ring (bicyclic) bond motifs is 1. The molecule has 0 radical (unpaired) electrons. The van der Waals surface area contributed by atoms with Gasteiger partial charge in [-0.25, -0.2) is 23.9 Å². The highest BCUT2D eigenvalue weighted by Crippen LogP contribution is 2.39. The molecule has 0 bridgehead atoms. The largest absolute Gasteiger partial charge is 0.351 e. The lowest BCUT2D eigenvalue weighted by Crippen LogP contribution is -2.18. The Morgan fingerprint density at radius 3 is 2.96 bits per heavy atom. The number of rotatable bonds is 5. The van der Waals surface area contributed by atoms with E-state index in [-0.39, 0.29) is 6.54 Å². The van der Waals surface area contributed by atoms with Crippen LogP contribution in [0.2, 0.25) is 0 Å². The van der Waals surface area contributed by atoms with Gasteiger partial charge in [-0.05, 0) is 37.5 Å². The molecule has 3 aromatic rings. The third-order valence-corrected chi connectivity index (χ3v) is 4.28. The number of hydrogen-bond acceptors (Lipinski definition) is 5. The molecule has 24 heavy (non-hydrogen) atoms. The van der Waals surface area contributed by atoms with E-state index >= 15 is 0 Å². The summed E-state index contributed by atoms with van der Waals surface area (Å²) in [5, 5.41) is 7.10. The molecule has 1 N–H and O–H groups in total. The Morgan fingerprint density at radius 2 is 2.21 bits per heavy atom. The van der Waals surface area contributed by atoms with Gasteiger partial charge in [0.15, 0.2) is 5.65 Å². The van der Waals surface area contributed by atoms with Gasteiger partial charge in [0.05, 0.1) is 12.2 Å². The number of nitrogens with zero attached hydrogens (tertiary/aromatic N) is 5. The number of aryl methyl sites for hydroxylation is 1. The fourth-order valence-electron chi connectivity index (χ4n) is 2.55. The van der Waals surface area contributed by atoms with E-state index in [9.17, 15) is 4.39 Å². The fourth-order valence-corrected chi connectivity index (χ4v) is 2.55. The molecular formula is C17H17FN6. The molecule has 0 unspecified atom stereocenters. The molecule has 0 saturated heterocycles. The Labute approximate surface area is 138 Å². The van der Waals surface area contributed by atoms with E-state index in [4.69, 9.17) is 0 Å². The zero-order chi connectivity index (χ0) is 16.7. The number of halogens is 1. The lowest BCUT2D eigenvalue weighted by atomic mass is 10.0. The second kappa shape index (κ2) is 5.36. The first-order valence-corrected chi connectivity index (χ1v) is 7.80. The first-order valence-electron chi connectivity index (χ1n) is 7.80. The van der Waals surface area contributed by atoms with Crippen molar-refractivity contribution in [2.24, 2.45) is 0 Å². The van der Waals surface area contributed by atoms with Crippen LogP contribution in [0.1, 0.15) is 29.7 Å². The minimum atomic E-state index is -1.08. The summed E-state index contributed by atoms with van der Waals surface area (Å²) in [5.41, 5.74) is 3.06. The predicted octanol–water partition coefficient (Wildman–Crippen LogP) is 2.80. The Bertz CT molecular complexity index is 928. The van der Waals surface area contributed by atoms with E-state index in [0.717, 1.165) is 28.0 Å². The molecule has 1 fully saturated rings. The Hall–Kier alpha value is -2.83. The molecule has 1 saturated carbocycles. The van der Waals surface area contributed by atoms with Crippen molar-refractivity contribution in [1.29, 1.82) is 0 Å². The monoisotopic (exact) mass is 324 g/mol. The smallest absolute Gasteiger partial charge is 0.222 e. The van der Waals surface area contributed by atoms with E-state index in [0.29, 0.717) is 18.8 Å². The van der Waals surface area contributed by atoms with E-state index in [2.05, 4.69) is 31.9 Å². The van der Waals surface area contributed by atoms with Gasteiger partial charge >= 0.3 is 0 Å². The summed E-state index contributed by atoms with van der Waals surface area (Å²) in [6.45, 7) is 6.30. The summed E-state index contributed by atoms with van der Waals surface area (Å²) < 4.78 is 15.4. The van der Waals surface area contributed by atoms with Crippen molar-refractivity contribution >= 4 is 17.2 Å². The number of hydrogen-bond donors (Lipinski definition) is 1. The third-order valence-electron chi connectivity index (χ3n) is 4.28. The van der Waals surface area contributed by atoms with Gasteiger partial charge in [-0.2, -0.15) is 5.10 Å². The van der Waals surface area contributed by atoms with Crippen LogP contribution in [0.5, 0.6) is 0 Å². The maximum atomic E-state index is 13.7. The van der Waals surface area contributed by atoms with Crippen molar-refractivity contribution < 1.29 is 4.39 Å². The normalized spacial score (nSPS) is 15.4. The molecule has 4 rings (SSSR count). The Balaban J connectivity index is 1.57. The van der Waals surface area contributed by atoms with Crippen LogP contribution in [0.15, 0.2) is 37.4 Å². The highest BCUT2D eigenvalue weighted by molar-refractivity contribution is 5.79. The zero-order valence-electron chi connectivity index (χ0n) is 13.3. The van der Waals surface area contributed by atoms with Gasteiger partial charge in [0.1, 0.15) is 12.0 Å². The zero-order valence-corrected chi connectivity index (χ0v) is 13.3. The number of alkyl halides is 1. The number of nitrogens with one attached hydrogen (secondary N) is 1. The summed E-state index contributed by atoms with van der Waals surface area (Å²) in [7, 11) is 0. The average Bonchev–Trinajstić information content (AvgIpc) is 3.13. The van der Waals surface area contributed by atoms with E-state index in [1.54, 1.807) is 10.7 Å². The molecule has 0 amide bonds. The van der Waals surface area contributed by atoms with Crippen molar-refractivity contribution in [3.8, 4) is 0 Å². The summed E-state index contributed by atoms with van der Waals surface area (Å²) >= 11 is 0. The lowest BCUT2D eigenvalue weighted by Gasteiger charge is -2.12. The summed E-state index contributed by atoms with van der Waals surface area (Å²) in [4.78, 5) is 12.8. The van der Waals surface area contributed by atoms with Crippen molar-refractivity contribution in [3.63, 3.8) is 0 Å². The van der Waals surface area contributed by atoms with Crippen LogP contribution in [-0.4, -0.2) is 36.8 Å². The molecule has 1 aliphatic rings. The van der Waals surface area contributed by atoms with Crippen LogP contribution in [0.25, 0.3) is 11.2 Å². The third kappa shape index (κ3) is 2.73. The molecule has 1 aliphatic carbocycles. The highest BCUT2D eigenvalue weighted by Gasteiger charge is 2.43. The second-order valence-electron chi connectivity index (χ2n) is 6.16. The molecule has 0 spiro atoms. The van der Waals surface area contributed by atoms with Gasteiger partial charge in [0, 0.05) is 23.5 Å². The highest BCUT2D eigenvalue weighted by atomic mass is 19.1. The van der Waals surface area contributed by atoms with Crippen LogP contribution in [0.4, 0.5) is 10.3 Å². The molecule has 0 aromatic carbocycles. The summed E-state index contributed by atoms with van der Waals surface area (Å²) in [6.07, 6.45) is 6.32. The molecule has 122 valence electrons. The Kier molecular flexibility index (Phi) is 3.30. The molecule has 6 nitrogen and oxygen atoms in total. The molecular weight excluding hydrogens is 307 g/mol. The van der Waals surface area contributed by atoms with Crippen LogP contribution < -0.4 is 5.32 Å². The molecule has 7 heteroatoms. The van der Waals surface area contributed by atoms with Crippen LogP contribution in [0, 0.1) is 6.92 Å². The number of anilines is 1. The van der Waals surface area contributed by atoms with Gasteiger partial charge in [0.25, 0.3) is 0 Å². The van der Waals surface area contributed by atoms with Crippen molar-refractivity contribution in [2.45, 2.75) is 25.4 Å². The van der Waals surface area contributed by atoms with Gasteiger partial charge in [0.2, 0.25) is 5.95 Å². The number of aromatic nitrogens is 5. The quantitative estimate of drug-likeness (QED) is 0.781. The molecule has 0 atom stereocenters. The molecule has 0 aliphatic heterocycles. The van der Waals surface area contributed by atoms with Gasteiger partial charge in [-0.15, -0.1) is 0 Å². The SMILES string of the molecule is C=C(c1ccc2ncnn2c1)c1cnc(NCC2(F)CC2)nc1C. The van der Waals surface area contributed by atoms with E-state index in [1.165, 1.54) is 6.33 Å². The molecule has 3 aromatic heterocycles. The van der Waals surface area contributed by atoms with Gasteiger partial charge in [-0.1, -0.05) is 6.58 Å². The van der Waals surface area contributed by atoms with Crippen molar-refractivity contribution in [1.82, 2.24) is 24.6 Å². The van der Waals surface area contributed by atoms with Crippen molar-refractivity contribution in [2.75, 3.05) is 11.9 Å². The average molecular weight is 324 g/mol. The lowest BCUT2D eigenvalue weighted by molar-refractivity contribution is 0.326. The van der Waals surface area contributed by atoms with E-state index in [1.807, 2.05) is 25.3 Å². The minimum Gasteiger partial charge on any atom is -0.351 e. The fraction of sp³-hybridized carbons (Fsp3) is 0.294. The summed E-state index contributed by atoms with van der Waals surface area (Å²) in [6, 6.07) is 3.83. The summed E-state index contributed by atoms with van der Waals surface area (Å²) in [5.74, 6) is 0.444. The standard InChI is InChI=1S/C17H17FN6/c1-11(13-3-4-15-21-10-22-24(15)8-13)14-7-19-16(23-12(14)2)20-9-17(18)5-6-17/h3-4,7-8,10H,1,5-6,9H2,2H3,(H,19,20,23). The predicted molar refractivity (Wildman–Crippen MR) is 89.5 cm³/mol. The topological polar surface area (TPSA) is 68.0 Å². The second-order valence-corrected chi connectivity index (χ2v) is 6.16. The maximum Gasteiger partial charge on any atom is 0.222 e. The first kappa shape index (κ1) is 14.7. The van der Waals surface area contributed by atoms with Crippen LogP contribution in [-0.2, 0) is 0 Å².